The van der Waals surface area contributed by atoms with E-state index in [9.17, 15) is 60.3 Å². The van der Waals surface area contributed by atoms with Gasteiger partial charge >= 0.3 is 0 Å². The first kappa shape index (κ1) is 55.7. The average Bonchev–Trinajstić information content (AvgIpc) is 3.32. The highest BCUT2D eigenvalue weighted by Gasteiger charge is 2.50. The molecule has 2 aromatic rings. The summed E-state index contributed by atoms with van der Waals surface area (Å²) in [7, 11) is 1.20. The van der Waals surface area contributed by atoms with Gasteiger partial charge in [-0.25, -0.2) is 0 Å². The van der Waals surface area contributed by atoms with Crippen molar-refractivity contribution in [2.24, 2.45) is 5.92 Å². The smallest absolute Gasteiger partial charge is 0.227 e. The second kappa shape index (κ2) is 22.6. The Morgan fingerprint density at radius 2 is 1.03 bits per heavy atom. The Hall–Kier alpha value is -3.57. The van der Waals surface area contributed by atoms with Gasteiger partial charge in [-0.2, -0.15) is 0 Å². The largest absolute Gasteiger partial charge is 0.507 e. The third-order valence-electron chi connectivity index (χ3n) is 15.1. The van der Waals surface area contributed by atoms with Crippen molar-refractivity contribution in [2.75, 3.05) is 7.11 Å². The number of phenolic OH excluding ortho intramolecular Hbond substituents is 2. The van der Waals surface area contributed by atoms with Gasteiger partial charge in [-0.3, -0.25) is 14.4 Å². The number of fused-ring (bicyclic) bond motifs is 2. The van der Waals surface area contributed by atoms with Gasteiger partial charge in [-0.1, -0.05) is 0 Å². The van der Waals surface area contributed by atoms with Crippen molar-refractivity contribution in [1.29, 1.82) is 0 Å². The van der Waals surface area contributed by atoms with Crippen LogP contribution in [0.2, 0.25) is 0 Å². The molecule has 0 radical (unpaired) electrons. The highest BCUT2D eigenvalue weighted by Crippen LogP contribution is 2.47. The number of benzene rings is 2. The van der Waals surface area contributed by atoms with E-state index in [1.54, 1.807) is 34.6 Å². The summed E-state index contributed by atoms with van der Waals surface area (Å²) in [5.74, 6) is -4.75. The summed E-state index contributed by atoms with van der Waals surface area (Å²) in [6.45, 7) is 10.5. The highest BCUT2D eigenvalue weighted by atomic mass is 16.7. The van der Waals surface area contributed by atoms with Crippen LogP contribution >= 0.6 is 0 Å². The Bertz CT molecular complexity index is 2290. The van der Waals surface area contributed by atoms with Crippen LogP contribution in [0.15, 0.2) is 12.1 Å². The van der Waals surface area contributed by atoms with Gasteiger partial charge in [0.15, 0.2) is 36.7 Å². The molecule has 6 unspecified atom stereocenters. The molecule has 5 fully saturated rings. The molecule has 0 amide bonds. The normalized spacial score (nSPS) is 41.8. The Labute approximate surface area is 421 Å². The fourth-order valence-electron chi connectivity index (χ4n) is 10.8. The Balaban J connectivity index is 1.03. The summed E-state index contributed by atoms with van der Waals surface area (Å²) < 4.78 is 66.2. The van der Waals surface area contributed by atoms with E-state index in [4.69, 9.17) is 52.1 Å². The minimum Gasteiger partial charge on any atom is -0.507 e. The van der Waals surface area contributed by atoms with E-state index in [-0.39, 0.29) is 71.7 Å². The van der Waals surface area contributed by atoms with Gasteiger partial charge in [0.1, 0.15) is 60.0 Å². The number of hydrogen-bond acceptors (Lipinski definition) is 23. The fraction of sp³-hybridized carbons (Fsp3) is 0.740. The van der Waals surface area contributed by atoms with E-state index in [0.29, 0.717) is 0 Å². The predicted octanol–water partition coefficient (Wildman–Crippen LogP) is 0.208. The van der Waals surface area contributed by atoms with Gasteiger partial charge in [-0.15, -0.1) is 0 Å². The number of hydrogen-bond donors (Lipinski definition) is 9. The number of phenols is 2. The molecule has 23 heteroatoms. The second-order valence-corrected chi connectivity index (χ2v) is 20.3. The molecular formula is C50H70O23. The molecule has 1 aliphatic carbocycles. The first-order valence-corrected chi connectivity index (χ1v) is 24.9. The Morgan fingerprint density at radius 1 is 0.603 bits per heavy atom. The van der Waals surface area contributed by atoms with E-state index in [0.717, 1.165) is 6.92 Å². The number of methoxy groups -OCH3 is 1. The number of carbonyl (C=O) groups is 3. The van der Waals surface area contributed by atoms with Crippen LogP contribution in [0.5, 0.6) is 17.2 Å². The molecule has 408 valence electrons. The van der Waals surface area contributed by atoms with E-state index in [1.165, 1.54) is 26.2 Å². The summed E-state index contributed by atoms with van der Waals surface area (Å²) in [5.41, 5.74) is 0.135. The van der Waals surface area contributed by atoms with Crippen LogP contribution in [0, 0.1) is 12.8 Å². The van der Waals surface area contributed by atoms with Crippen LogP contribution in [0.3, 0.4) is 0 Å². The van der Waals surface area contributed by atoms with Crippen molar-refractivity contribution in [2.45, 2.75) is 222 Å². The molecule has 73 heavy (non-hydrogen) atoms. The number of rotatable bonds is 14. The standard InChI is InChI=1S/C50H70O23/c1-17-29(69-35-14-30(44(58)21(5)66-35)70-33-12-27(52)42(56)19(3)64-33)11-25-9-24-10-26(49(63-8)41(55)18(2)51)50(48(62)39(24)47(61)38(25)40(17)54)73-37-16-32(46(60)23(7)68-37)72-36-15-31(45(59)22(6)67-36)71-34-13-28(53)43(57)20(4)65-34/h9,11,19-23,26-28,30-37,42-46,49-50,52-54,56-61H,10,12-16H2,1-8H3/t19?,20?,21?,22?,23?,26-,27+,28+,30?,31+,32+,33-,34-,35-,36-,37-,42+,43+,44+,45-,46+,49-,50-/m0/s1. The molecule has 6 aliphatic rings. The Morgan fingerprint density at radius 3 is 1.48 bits per heavy atom. The predicted molar refractivity (Wildman–Crippen MR) is 247 cm³/mol. The average molecular weight is 1040 g/mol. The van der Waals surface area contributed by atoms with Crippen molar-refractivity contribution in [3.8, 4) is 17.2 Å². The molecule has 0 bridgehead atoms. The number of Topliss-reactive ketones (excluding diaryl/α,β-unsaturated/α-hetero) is 3. The van der Waals surface area contributed by atoms with Crippen molar-refractivity contribution in [1.82, 2.24) is 0 Å². The lowest BCUT2D eigenvalue weighted by atomic mass is 9.75. The Kier molecular flexibility index (Phi) is 17.2. The van der Waals surface area contributed by atoms with Gasteiger partial charge in [0.25, 0.3) is 0 Å². The highest BCUT2D eigenvalue weighted by molar-refractivity contribution is 6.38. The molecule has 5 aliphatic heterocycles. The third-order valence-corrected chi connectivity index (χ3v) is 15.1. The lowest BCUT2D eigenvalue weighted by Crippen LogP contribution is -2.56. The number of aliphatic hydroxyl groups is 7. The zero-order valence-electron chi connectivity index (χ0n) is 41.9. The van der Waals surface area contributed by atoms with Crippen molar-refractivity contribution >= 4 is 28.1 Å². The third kappa shape index (κ3) is 11.4. The quantitative estimate of drug-likeness (QED) is 0.114. The molecule has 23 atom stereocenters. The number of aliphatic hydroxyl groups excluding tert-OH is 7. The summed E-state index contributed by atoms with van der Waals surface area (Å²) in [4.78, 5) is 41.0. The van der Waals surface area contributed by atoms with E-state index in [1.807, 2.05) is 0 Å². The molecule has 0 saturated carbocycles. The number of ketones is 3. The number of carbonyl (C=O) groups excluding carboxylic acids is 3. The summed E-state index contributed by atoms with van der Waals surface area (Å²) >= 11 is 0. The van der Waals surface area contributed by atoms with Crippen molar-refractivity contribution in [3.05, 3.63) is 28.8 Å². The minimum absolute atomic E-state index is 0.0240. The topological polar surface area (TPSA) is 335 Å². The van der Waals surface area contributed by atoms with Crippen LogP contribution in [-0.2, 0) is 63.4 Å². The van der Waals surface area contributed by atoms with E-state index in [2.05, 4.69) is 0 Å². The lowest BCUT2D eigenvalue weighted by molar-refractivity contribution is -0.329. The zero-order valence-corrected chi connectivity index (χ0v) is 41.9. The van der Waals surface area contributed by atoms with Crippen LogP contribution in [0.1, 0.15) is 95.1 Å². The minimum atomic E-state index is -1.61. The van der Waals surface area contributed by atoms with Crippen LogP contribution in [-0.4, -0.2) is 206 Å². The fourth-order valence-corrected chi connectivity index (χ4v) is 10.8. The summed E-state index contributed by atoms with van der Waals surface area (Å²) in [6, 6.07) is 3.06. The van der Waals surface area contributed by atoms with Gasteiger partial charge < -0.3 is 98.1 Å². The molecule has 5 saturated heterocycles. The van der Waals surface area contributed by atoms with E-state index < -0.39 is 170 Å². The van der Waals surface area contributed by atoms with Crippen molar-refractivity contribution < 1.29 is 112 Å². The molecule has 0 spiro atoms. The van der Waals surface area contributed by atoms with Gasteiger partial charge in [-0.05, 0) is 71.0 Å². The summed E-state index contributed by atoms with van der Waals surface area (Å²) in [6.07, 6.45) is -23.9. The molecule has 2 aromatic carbocycles. The first-order valence-electron chi connectivity index (χ1n) is 24.9. The maximum atomic E-state index is 14.9. The molecule has 9 N–H and O–H groups in total. The van der Waals surface area contributed by atoms with Gasteiger partial charge in [0, 0.05) is 57.6 Å². The van der Waals surface area contributed by atoms with Crippen molar-refractivity contribution in [3.63, 3.8) is 0 Å². The van der Waals surface area contributed by atoms with Crippen LogP contribution < -0.4 is 4.74 Å². The number of ether oxygens (including phenoxy) is 11. The van der Waals surface area contributed by atoms with Gasteiger partial charge in [0.2, 0.25) is 12.1 Å². The van der Waals surface area contributed by atoms with Crippen LogP contribution in [0.4, 0.5) is 0 Å². The van der Waals surface area contributed by atoms with Crippen LogP contribution in [0.25, 0.3) is 10.8 Å². The first-order chi connectivity index (χ1) is 34.4. The maximum absolute atomic E-state index is 14.9. The van der Waals surface area contributed by atoms with Gasteiger partial charge in [0.05, 0.1) is 72.0 Å². The van der Waals surface area contributed by atoms with E-state index >= 15 is 0 Å². The lowest BCUT2D eigenvalue weighted by Gasteiger charge is -2.45. The molecule has 8 rings (SSSR count). The zero-order chi connectivity index (χ0) is 53.1. The molecule has 23 nitrogen and oxygen atoms in total. The monoisotopic (exact) mass is 1040 g/mol. The SMILES string of the molecule is CO[C@H](C(=O)C(C)=O)[C@@H]1Cc2cc3cc(O[C@H]4CC(O[C@H]5C[C@@H](O)[C@H](O)C(C)O5)[C@H](O)C(C)O4)c(C)c(O)c3c(O)c2C(=O)[C@H]1O[C@H]1C[C@@H](O[C@H]2C[C@@H](O[C@H]3C[C@@H](O)[C@H](O)C(C)O3)[C@@H](O)C(C)O2)[C@H](O)C(C)O1. The molecule has 0 aromatic heterocycles. The number of aromatic hydroxyl groups is 2. The second-order valence-electron chi connectivity index (χ2n) is 20.3. The molecule has 5 heterocycles. The molecular weight excluding hydrogens is 969 g/mol. The maximum Gasteiger partial charge on any atom is 0.227 e. The summed E-state index contributed by atoms with van der Waals surface area (Å²) in [5, 5.41) is 98.1.